The van der Waals surface area contributed by atoms with Gasteiger partial charge in [0.2, 0.25) is 5.91 Å². The first-order chi connectivity index (χ1) is 7.90. The molecule has 0 atom stereocenters. The smallest absolute Gasteiger partial charge is 0.330 e. The predicted octanol–water partition coefficient (Wildman–Crippen LogP) is 2.08. The second kappa shape index (κ2) is 5.67. The molecule has 6 heteroatoms. The lowest BCUT2D eigenvalue weighted by Crippen LogP contribution is -2.21. The summed E-state index contributed by atoms with van der Waals surface area (Å²) in [5.41, 5.74) is 6.67. The Bertz CT molecular complexity index is 373. The first-order valence-electron chi connectivity index (χ1n) is 5.06. The van der Waals surface area contributed by atoms with Crippen LogP contribution in [-0.2, 0) is 11.2 Å². The molecule has 94 valence electrons. The highest BCUT2D eigenvalue weighted by atomic mass is 19.4. The number of amides is 1. The SMILES string of the molecule is NCCc1ccc(NC(=O)CC(F)(F)F)cc1. The third-order valence-corrected chi connectivity index (χ3v) is 2.03. The Balaban J connectivity index is 2.54. The minimum absolute atomic E-state index is 0.347. The van der Waals surface area contributed by atoms with E-state index in [0.717, 1.165) is 5.56 Å². The maximum Gasteiger partial charge on any atom is 0.397 e. The fourth-order valence-electron chi connectivity index (χ4n) is 1.31. The normalized spacial score (nSPS) is 11.3. The highest BCUT2D eigenvalue weighted by Crippen LogP contribution is 2.20. The van der Waals surface area contributed by atoms with Crippen LogP contribution in [0.5, 0.6) is 0 Å². The van der Waals surface area contributed by atoms with Crippen molar-refractivity contribution >= 4 is 11.6 Å². The van der Waals surface area contributed by atoms with E-state index in [0.29, 0.717) is 18.7 Å². The van der Waals surface area contributed by atoms with Crippen molar-refractivity contribution in [2.24, 2.45) is 5.73 Å². The van der Waals surface area contributed by atoms with Crippen LogP contribution in [0.3, 0.4) is 0 Å². The number of carbonyl (C=O) groups is 1. The number of halogens is 3. The van der Waals surface area contributed by atoms with Crippen molar-refractivity contribution < 1.29 is 18.0 Å². The predicted molar refractivity (Wildman–Crippen MR) is 58.5 cm³/mol. The maximum absolute atomic E-state index is 11.9. The average Bonchev–Trinajstić information content (AvgIpc) is 2.18. The van der Waals surface area contributed by atoms with Gasteiger partial charge in [0.15, 0.2) is 0 Å². The van der Waals surface area contributed by atoms with Gasteiger partial charge in [-0.3, -0.25) is 4.79 Å². The van der Waals surface area contributed by atoms with Gasteiger partial charge in [0, 0.05) is 5.69 Å². The molecule has 0 aliphatic rings. The molecule has 3 nitrogen and oxygen atoms in total. The van der Waals surface area contributed by atoms with Crippen molar-refractivity contribution in [3.63, 3.8) is 0 Å². The van der Waals surface area contributed by atoms with Crippen molar-refractivity contribution in [3.8, 4) is 0 Å². The molecule has 0 heterocycles. The highest BCUT2D eigenvalue weighted by molar-refractivity contribution is 5.91. The van der Waals surface area contributed by atoms with Crippen LogP contribution in [0.25, 0.3) is 0 Å². The van der Waals surface area contributed by atoms with Gasteiger partial charge >= 0.3 is 6.18 Å². The number of alkyl halides is 3. The van der Waals surface area contributed by atoms with Crippen LogP contribution < -0.4 is 11.1 Å². The number of nitrogens with two attached hydrogens (primary N) is 1. The molecule has 1 aromatic rings. The number of hydrogen-bond acceptors (Lipinski definition) is 2. The Hall–Kier alpha value is -1.56. The molecule has 0 aliphatic carbocycles. The summed E-state index contributed by atoms with van der Waals surface area (Å²) in [5, 5.41) is 2.18. The van der Waals surface area contributed by atoms with Crippen LogP contribution >= 0.6 is 0 Å². The molecule has 0 saturated carbocycles. The molecule has 0 fully saturated rings. The van der Waals surface area contributed by atoms with Crippen LogP contribution in [0.15, 0.2) is 24.3 Å². The first-order valence-corrected chi connectivity index (χ1v) is 5.06. The molecule has 1 aromatic carbocycles. The Morgan fingerprint density at radius 3 is 2.29 bits per heavy atom. The van der Waals surface area contributed by atoms with E-state index in [1.54, 1.807) is 24.3 Å². The fourth-order valence-corrected chi connectivity index (χ4v) is 1.31. The molecule has 17 heavy (non-hydrogen) atoms. The van der Waals surface area contributed by atoms with Gasteiger partial charge in [-0.05, 0) is 30.7 Å². The standard InChI is InChI=1S/C11H13F3N2O/c12-11(13,14)7-10(17)16-9-3-1-8(2-4-9)5-6-15/h1-4H,5-7,15H2,(H,16,17). The monoisotopic (exact) mass is 246 g/mol. The van der Waals surface area contributed by atoms with Gasteiger partial charge in [0.1, 0.15) is 6.42 Å². The zero-order valence-electron chi connectivity index (χ0n) is 9.05. The average molecular weight is 246 g/mol. The first kappa shape index (κ1) is 13.5. The van der Waals surface area contributed by atoms with E-state index in [1.165, 1.54) is 0 Å². The number of carbonyl (C=O) groups excluding carboxylic acids is 1. The number of rotatable bonds is 4. The Morgan fingerprint density at radius 1 is 1.24 bits per heavy atom. The van der Waals surface area contributed by atoms with Gasteiger partial charge in [-0.25, -0.2) is 0 Å². The zero-order chi connectivity index (χ0) is 12.9. The van der Waals surface area contributed by atoms with Gasteiger partial charge in [-0.2, -0.15) is 13.2 Å². The van der Waals surface area contributed by atoms with E-state index in [9.17, 15) is 18.0 Å². The number of anilines is 1. The summed E-state index contributed by atoms with van der Waals surface area (Å²) < 4.78 is 35.7. The largest absolute Gasteiger partial charge is 0.397 e. The second-order valence-corrected chi connectivity index (χ2v) is 3.58. The van der Waals surface area contributed by atoms with Crippen LogP contribution in [0, 0.1) is 0 Å². The van der Waals surface area contributed by atoms with Crippen LogP contribution in [0.4, 0.5) is 18.9 Å². The maximum atomic E-state index is 11.9. The lowest BCUT2D eigenvalue weighted by Gasteiger charge is -2.08. The quantitative estimate of drug-likeness (QED) is 0.854. The molecule has 0 spiro atoms. The van der Waals surface area contributed by atoms with E-state index in [1.807, 2.05) is 0 Å². The molecule has 1 amide bonds. The summed E-state index contributed by atoms with van der Waals surface area (Å²) in [4.78, 5) is 11.0. The molecular formula is C11H13F3N2O. The lowest BCUT2D eigenvalue weighted by atomic mass is 10.1. The highest BCUT2D eigenvalue weighted by Gasteiger charge is 2.31. The number of nitrogens with one attached hydrogen (secondary N) is 1. The Kier molecular flexibility index (Phi) is 4.51. The number of hydrogen-bond donors (Lipinski definition) is 2. The van der Waals surface area contributed by atoms with Crippen LogP contribution in [0.2, 0.25) is 0 Å². The molecule has 0 aromatic heterocycles. The van der Waals surface area contributed by atoms with Gasteiger partial charge in [0.05, 0.1) is 0 Å². The van der Waals surface area contributed by atoms with Crippen LogP contribution in [-0.4, -0.2) is 18.6 Å². The van der Waals surface area contributed by atoms with Crippen molar-refractivity contribution in [1.29, 1.82) is 0 Å². The van der Waals surface area contributed by atoms with Crippen molar-refractivity contribution in [2.45, 2.75) is 19.0 Å². The van der Waals surface area contributed by atoms with Crippen molar-refractivity contribution in [1.82, 2.24) is 0 Å². The summed E-state index contributed by atoms with van der Waals surface area (Å²) in [5.74, 6) is -1.07. The zero-order valence-corrected chi connectivity index (χ0v) is 9.05. The van der Waals surface area contributed by atoms with Crippen LogP contribution in [0.1, 0.15) is 12.0 Å². The van der Waals surface area contributed by atoms with E-state index in [-0.39, 0.29) is 0 Å². The van der Waals surface area contributed by atoms with E-state index >= 15 is 0 Å². The van der Waals surface area contributed by atoms with Gasteiger partial charge in [-0.1, -0.05) is 12.1 Å². The molecule has 1 rings (SSSR count). The minimum Gasteiger partial charge on any atom is -0.330 e. The Labute approximate surface area is 96.8 Å². The Morgan fingerprint density at radius 2 is 1.82 bits per heavy atom. The summed E-state index contributed by atoms with van der Waals surface area (Å²) in [6, 6.07) is 6.55. The topological polar surface area (TPSA) is 55.1 Å². The van der Waals surface area contributed by atoms with Crippen molar-refractivity contribution in [3.05, 3.63) is 29.8 Å². The number of benzene rings is 1. The molecule has 0 saturated heterocycles. The fraction of sp³-hybridized carbons (Fsp3) is 0.364. The second-order valence-electron chi connectivity index (χ2n) is 3.58. The van der Waals surface area contributed by atoms with E-state index in [4.69, 9.17) is 5.73 Å². The third-order valence-electron chi connectivity index (χ3n) is 2.03. The van der Waals surface area contributed by atoms with E-state index < -0.39 is 18.5 Å². The molecule has 0 unspecified atom stereocenters. The van der Waals surface area contributed by atoms with Crippen molar-refractivity contribution in [2.75, 3.05) is 11.9 Å². The molecular weight excluding hydrogens is 233 g/mol. The summed E-state index contributed by atoms with van der Waals surface area (Å²) in [6.07, 6.45) is -5.27. The lowest BCUT2D eigenvalue weighted by molar-refractivity contribution is -0.150. The van der Waals surface area contributed by atoms with Gasteiger partial charge in [-0.15, -0.1) is 0 Å². The molecule has 0 aliphatic heterocycles. The van der Waals surface area contributed by atoms with Gasteiger partial charge in [0.25, 0.3) is 0 Å². The molecule has 0 bridgehead atoms. The minimum atomic E-state index is -4.48. The molecule has 3 N–H and O–H groups in total. The molecule has 0 radical (unpaired) electrons. The summed E-state index contributed by atoms with van der Waals surface area (Å²) in [6.45, 7) is 0.500. The third kappa shape index (κ3) is 5.35. The van der Waals surface area contributed by atoms with E-state index in [2.05, 4.69) is 5.32 Å². The summed E-state index contributed by atoms with van der Waals surface area (Å²) >= 11 is 0. The van der Waals surface area contributed by atoms with Gasteiger partial charge < -0.3 is 11.1 Å². The summed E-state index contributed by atoms with van der Waals surface area (Å²) in [7, 11) is 0.